The summed E-state index contributed by atoms with van der Waals surface area (Å²) in [5, 5.41) is 27.0. The molecule has 0 aliphatic heterocycles. The van der Waals surface area contributed by atoms with Crippen molar-refractivity contribution in [3.05, 3.63) is 103 Å². The van der Waals surface area contributed by atoms with Crippen LogP contribution in [-0.4, -0.2) is 51.6 Å². The Kier molecular flexibility index (Phi) is 12.3. The second-order valence-corrected chi connectivity index (χ2v) is 11.4. The summed E-state index contributed by atoms with van der Waals surface area (Å²) >= 11 is 12.4. The fraction of sp³-hybridized carbons (Fsp3) is 0.355. The first-order chi connectivity index (χ1) is 20.3. The molecule has 230 valence electrons. The van der Waals surface area contributed by atoms with E-state index in [1.165, 1.54) is 12.1 Å². The number of aliphatic carboxylic acids is 1. The molecule has 0 radical (unpaired) electrons. The molecule has 1 atom stereocenters. The van der Waals surface area contributed by atoms with E-state index in [4.69, 9.17) is 27.9 Å². The van der Waals surface area contributed by atoms with Crippen LogP contribution in [0.25, 0.3) is 0 Å². The van der Waals surface area contributed by atoms with Crippen LogP contribution in [0.2, 0.25) is 10.0 Å². The molecule has 3 rings (SSSR count). The van der Waals surface area contributed by atoms with Crippen molar-refractivity contribution in [1.82, 2.24) is 15.8 Å². The third-order valence-electron chi connectivity index (χ3n) is 6.60. The molecule has 0 fully saturated rings. The number of benzene rings is 3. The maximum absolute atomic E-state index is 13.2. The number of nitrogens with one attached hydrogen (secondary N) is 2. The van der Waals surface area contributed by atoms with E-state index in [0.29, 0.717) is 45.5 Å². The van der Waals surface area contributed by atoms with E-state index in [1.54, 1.807) is 48.5 Å². The van der Waals surface area contributed by atoms with E-state index in [0.717, 1.165) is 0 Å². The molecule has 12 heteroatoms. The summed E-state index contributed by atoms with van der Waals surface area (Å²) in [6.45, 7) is 8.92. The minimum Gasteiger partial charge on any atom is -0.489 e. The topological polar surface area (TPSA) is 134 Å². The third kappa shape index (κ3) is 9.93. The number of carboxylic acids is 1. The monoisotopic (exact) mass is 630 g/mol. The molecule has 0 aromatic heterocycles. The Morgan fingerprint density at radius 1 is 1.00 bits per heavy atom. The van der Waals surface area contributed by atoms with E-state index >= 15 is 0 Å². The first-order valence-corrected chi connectivity index (χ1v) is 14.6. The normalized spacial score (nSPS) is 12.0. The number of ether oxygens (including phenoxy) is 1. The van der Waals surface area contributed by atoms with Crippen molar-refractivity contribution in [2.75, 3.05) is 6.54 Å². The van der Waals surface area contributed by atoms with E-state index in [2.05, 4.69) is 15.8 Å². The van der Waals surface area contributed by atoms with Crippen molar-refractivity contribution in [2.45, 2.75) is 65.3 Å². The second kappa shape index (κ2) is 15.7. The number of hydrazine groups is 1. The van der Waals surface area contributed by atoms with Crippen LogP contribution in [0.15, 0.2) is 60.7 Å². The molecule has 0 heterocycles. The third-order valence-corrected chi connectivity index (χ3v) is 7.31. The number of rotatable bonds is 15. The van der Waals surface area contributed by atoms with Crippen molar-refractivity contribution in [3.8, 4) is 5.75 Å². The Balaban J connectivity index is 1.70. The average Bonchev–Trinajstić information content (AvgIpc) is 2.94. The summed E-state index contributed by atoms with van der Waals surface area (Å²) in [5.41, 5.74) is 4.75. The number of hydrogen-bond donors (Lipinski definition) is 3. The van der Waals surface area contributed by atoms with Gasteiger partial charge in [-0.15, -0.1) is 0 Å². The molecule has 1 amide bonds. The Bertz CT molecular complexity index is 1410. The highest BCUT2D eigenvalue weighted by Gasteiger charge is 2.26. The van der Waals surface area contributed by atoms with E-state index < -0.39 is 28.5 Å². The molecule has 3 N–H and O–H groups in total. The van der Waals surface area contributed by atoms with Gasteiger partial charge in [-0.1, -0.05) is 47.5 Å². The number of nitro groups is 1. The van der Waals surface area contributed by atoms with Crippen LogP contribution in [0.4, 0.5) is 5.69 Å². The van der Waals surface area contributed by atoms with Crippen LogP contribution in [0.1, 0.15) is 54.7 Å². The summed E-state index contributed by atoms with van der Waals surface area (Å²) in [7, 11) is 0. The SMILES string of the molecule is CC(C)NN(CCc1ccc([N+](=O)[O-])c(C(=O)N[C@@H](Cc2ccc(OCc3c(Cl)cccc3Cl)cc2)C(=O)O)c1)C(C)C. The molecular formula is C31H36Cl2N4O6. The number of carboxylic acid groups (broad SMARTS) is 1. The van der Waals surface area contributed by atoms with Crippen molar-refractivity contribution in [3.63, 3.8) is 0 Å². The van der Waals surface area contributed by atoms with E-state index in [1.807, 2.05) is 27.7 Å². The lowest BCUT2D eigenvalue weighted by Crippen LogP contribution is -2.47. The van der Waals surface area contributed by atoms with E-state index in [-0.39, 0.29) is 30.7 Å². The second-order valence-electron chi connectivity index (χ2n) is 10.6. The summed E-state index contributed by atoms with van der Waals surface area (Å²) in [5.74, 6) is -1.59. The van der Waals surface area contributed by atoms with Gasteiger partial charge in [0, 0.05) is 46.7 Å². The molecule has 0 saturated carbocycles. The Morgan fingerprint density at radius 2 is 1.63 bits per heavy atom. The fourth-order valence-corrected chi connectivity index (χ4v) is 4.86. The highest BCUT2D eigenvalue weighted by molar-refractivity contribution is 6.35. The molecule has 0 unspecified atom stereocenters. The van der Waals surface area contributed by atoms with Gasteiger partial charge in [0.1, 0.15) is 24.0 Å². The zero-order chi connectivity index (χ0) is 31.7. The largest absolute Gasteiger partial charge is 0.489 e. The zero-order valence-corrected chi connectivity index (χ0v) is 26.0. The van der Waals surface area contributed by atoms with Gasteiger partial charge in [0.25, 0.3) is 11.6 Å². The minimum absolute atomic E-state index is 0.0462. The number of nitrogens with zero attached hydrogens (tertiary/aromatic N) is 2. The molecule has 3 aromatic carbocycles. The lowest BCUT2D eigenvalue weighted by molar-refractivity contribution is -0.385. The van der Waals surface area contributed by atoms with Crippen LogP contribution < -0.4 is 15.5 Å². The van der Waals surface area contributed by atoms with Crippen LogP contribution in [0.5, 0.6) is 5.75 Å². The van der Waals surface area contributed by atoms with Crippen LogP contribution in [-0.2, 0) is 24.2 Å². The van der Waals surface area contributed by atoms with E-state index in [9.17, 15) is 24.8 Å². The van der Waals surface area contributed by atoms with Crippen LogP contribution >= 0.6 is 23.2 Å². The molecule has 10 nitrogen and oxygen atoms in total. The Hall–Kier alpha value is -3.70. The molecule has 0 spiro atoms. The molecule has 3 aromatic rings. The minimum atomic E-state index is -1.32. The quantitative estimate of drug-likeness (QED) is 0.136. The van der Waals surface area contributed by atoms with Gasteiger partial charge in [-0.25, -0.2) is 9.80 Å². The van der Waals surface area contributed by atoms with Gasteiger partial charge in [0.2, 0.25) is 0 Å². The van der Waals surface area contributed by atoms with Gasteiger partial charge in [-0.05, 0) is 75.6 Å². The molecular weight excluding hydrogens is 595 g/mol. The van der Waals surface area contributed by atoms with Gasteiger partial charge >= 0.3 is 5.97 Å². The summed E-state index contributed by atoms with van der Waals surface area (Å²) in [6.07, 6.45) is 0.477. The van der Waals surface area contributed by atoms with Gasteiger partial charge in [-0.3, -0.25) is 20.3 Å². The average molecular weight is 632 g/mol. The summed E-state index contributed by atoms with van der Waals surface area (Å²) in [4.78, 5) is 36.3. The number of amides is 1. The van der Waals surface area contributed by atoms with Crippen molar-refractivity contribution in [2.24, 2.45) is 0 Å². The predicted molar refractivity (Wildman–Crippen MR) is 167 cm³/mol. The molecule has 43 heavy (non-hydrogen) atoms. The highest BCUT2D eigenvalue weighted by atomic mass is 35.5. The van der Waals surface area contributed by atoms with Gasteiger partial charge in [0.05, 0.1) is 4.92 Å². The van der Waals surface area contributed by atoms with Gasteiger partial charge in [0.15, 0.2) is 0 Å². The summed E-state index contributed by atoms with van der Waals surface area (Å²) < 4.78 is 5.77. The predicted octanol–water partition coefficient (Wildman–Crippen LogP) is 6.07. The maximum Gasteiger partial charge on any atom is 0.326 e. The molecule has 0 bridgehead atoms. The Labute approximate surface area is 261 Å². The number of halogens is 2. The number of carbonyl (C=O) groups excluding carboxylic acids is 1. The van der Waals surface area contributed by atoms with Crippen molar-refractivity contribution >= 4 is 40.8 Å². The smallest absolute Gasteiger partial charge is 0.326 e. The lowest BCUT2D eigenvalue weighted by Gasteiger charge is -2.29. The summed E-state index contributed by atoms with van der Waals surface area (Å²) in [6, 6.07) is 15.3. The Morgan fingerprint density at radius 3 is 2.19 bits per heavy atom. The first-order valence-electron chi connectivity index (χ1n) is 13.8. The van der Waals surface area contributed by atoms with Crippen LogP contribution in [0.3, 0.4) is 0 Å². The molecule has 0 aliphatic rings. The number of nitro benzene ring substituents is 1. The van der Waals surface area contributed by atoms with Gasteiger partial charge < -0.3 is 15.2 Å². The number of hydrogen-bond acceptors (Lipinski definition) is 7. The van der Waals surface area contributed by atoms with Crippen molar-refractivity contribution in [1.29, 1.82) is 0 Å². The van der Waals surface area contributed by atoms with Gasteiger partial charge in [-0.2, -0.15) is 0 Å². The number of carbonyl (C=O) groups is 2. The highest BCUT2D eigenvalue weighted by Crippen LogP contribution is 2.26. The molecule has 0 aliphatic carbocycles. The standard InChI is InChI=1S/C31H36Cl2N4O6/c1-19(2)35-36(20(3)4)15-14-22-10-13-29(37(41)42)24(16-22)30(38)34-28(31(39)40)17-21-8-11-23(12-9-21)43-18-25-26(32)6-5-7-27(25)33/h5-13,16,19-20,28,35H,14-15,17-18H2,1-4H3,(H,34,38)(H,39,40)/t28-/m0/s1. The zero-order valence-electron chi connectivity index (χ0n) is 24.5. The maximum atomic E-state index is 13.2. The van der Waals surface area contributed by atoms with Crippen molar-refractivity contribution < 1.29 is 24.4 Å². The molecule has 0 saturated heterocycles. The lowest BCUT2D eigenvalue weighted by atomic mass is 10.0. The fourth-order valence-electron chi connectivity index (χ4n) is 4.35. The first kappa shape index (κ1) is 33.8. The van der Waals surface area contributed by atoms with Crippen LogP contribution in [0, 0.1) is 10.1 Å².